The Morgan fingerprint density at radius 3 is 2.82 bits per heavy atom. The van der Waals surface area contributed by atoms with Crippen LogP contribution >= 0.6 is 11.6 Å². The van der Waals surface area contributed by atoms with E-state index in [-0.39, 0.29) is 24.3 Å². The van der Waals surface area contributed by atoms with Crippen molar-refractivity contribution in [2.45, 2.75) is 19.4 Å². The summed E-state index contributed by atoms with van der Waals surface area (Å²) >= 11 is 5.43. The largest absolute Gasteiger partial charge is 0.272 e. The first-order valence-corrected chi connectivity index (χ1v) is 3.75. The number of nitrogens with zero attached hydrogens (tertiary/aromatic N) is 1. The lowest BCUT2D eigenvalue weighted by Crippen LogP contribution is -2.28. The molecule has 1 atom stereocenters. The third-order valence-electron chi connectivity index (χ3n) is 1.34. The van der Waals surface area contributed by atoms with Crippen LogP contribution in [0.15, 0.2) is 0 Å². The van der Waals surface area contributed by atoms with Crippen molar-refractivity contribution >= 4 is 23.4 Å². The third-order valence-corrected chi connectivity index (χ3v) is 1.69. The fraction of sp³-hybridized carbons (Fsp3) is 0.667. The average Bonchev–Trinajstić information content (AvgIpc) is 2.30. The van der Waals surface area contributed by atoms with Gasteiger partial charge in [0.25, 0.3) is 5.91 Å². The Balaban J connectivity index is 2.59. The normalized spacial score (nSPS) is 24.4. The second-order valence-corrected chi connectivity index (χ2v) is 2.60. The van der Waals surface area contributed by atoms with Crippen molar-refractivity contribution in [2.75, 3.05) is 5.88 Å². The van der Waals surface area contributed by atoms with Gasteiger partial charge in [-0.3, -0.25) is 14.4 Å². The van der Waals surface area contributed by atoms with Crippen molar-refractivity contribution < 1.29 is 14.4 Å². The predicted octanol–water partition coefficient (Wildman–Crippen LogP) is 0.304. The molecular weight excluding hydrogens is 170 g/mol. The van der Waals surface area contributed by atoms with Crippen LogP contribution in [0.2, 0.25) is 0 Å². The van der Waals surface area contributed by atoms with E-state index < -0.39 is 5.91 Å². The average molecular weight is 178 g/mol. The minimum absolute atomic E-state index is 0.198. The number of amides is 2. The molecule has 0 aliphatic carbocycles. The molecular formula is C6H8ClNO3. The number of carbonyl (C=O) groups is 2. The van der Waals surface area contributed by atoms with Crippen LogP contribution in [-0.2, 0) is 14.4 Å². The molecule has 0 N–H and O–H groups in total. The fourth-order valence-corrected chi connectivity index (χ4v) is 1.02. The van der Waals surface area contributed by atoms with Crippen molar-refractivity contribution in [1.29, 1.82) is 0 Å². The van der Waals surface area contributed by atoms with Gasteiger partial charge in [0.1, 0.15) is 6.10 Å². The molecule has 1 aliphatic heterocycles. The molecule has 0 aromatic carbocycles. The summed E-state index contributed by atoms with van der Waals surface area (Å²) in [6, 6.07) is 0. The number of imide groups is 1. The molecule has 0 spiro atoms. The first kappa shape index (κ1) is 8.49. The summed E-state index contributed by atoms with van der Waals surface area (Å²) in [6.45, 7) is 1.27. The van der Waals surface area contributed by atoms with Gasteiger partial charge in [-0.05, 0) is 0 Å². The van der Waals surface area contributed by atoms with E-state index in [2.05, 4.69) is 0 Å². The maximum absolute atomic E-state index is 10.9. The Kier molecular flexibility index (Phi) is 2.46. The second-order valence-electron chi connectivity index (χ2n) is 2.29. The predicted molar refractivity (Wildman–Crippen MR) is 37.7 cm³/mol. The quantitative estimate of drug-likeness (QED) is 0.542. The molecule has 5 heteroatoms. The molecule has 62 valence electrons. The van der Waals surface area contributed by atoms with Gasteiger partial charge in [-0.1, -0.05) is 0 Å². The van der Waals surface area contributed by atoms with E-state index in [1.54, 1.807) is 0 Å². The van der Waals surface area contributed by atoms with E-state index in [4.69, 9.17) is 16.4 Å². The van der Waals surface area contributed by atoms with Gasteiger partial charge < -0.3 is 0 Å². The standard InChI is InChI=1S/C6H8ClNO3/c1-4(9)8-6(10)2-5(3-7)11-8/h5H,2-3H2,1H3. The SMILES string of the molecule is CC(=O)N1OC(CCl)CC1=O. The van der Waals surface area contributed by atoms with Crippen LogP contribution in [0.3, 0.4) is 0 Å². The lowest BCUT2D eigenvalue weighted by molar-refractivity contribution is -0.183. The molecule has 0 radical (unpaired) electrons. The third kappa shape index (κ3) is 1.70. The summed E-state index contributed by atoms with van der Waals surface area (Å²) in [5.41, 5.74) is 0. The molecule has 1 aliphatic rings. The number of hydroxylamine groups is 2. The van der Waals surface area contributed by atoms with E-state index in [9.17, 15) is 9.59 Å². The lowest BCUT2D eigenvalue weighted by Gasteiger charge is -2.09. The van der Waals surface area contributed by atoms with E-state index in [0.29, 0.717) is 0 Å². The zero-order valence-electron chi connectivity index (χ0n) is 6.04. The van der Waals surface area contributed by atoms with Gasteiger partial charge >= 0.3 is 0 Å². The highest BCUT2D eigenvalue weighted by molar-refractivity contribution is 6.18. The highest BCUT2D eigenvalue weighted by atomic mass is 35.5. The Hall–Kier alpha value is -0.610. The van der Waals surface area contributed by atoms with Gasteiger partial charge in [0.15, 0.2) is 0 Å². The minimum Gasteiger partial charge on any atom is -0.272 e. The molecule has 1 rings (SSSR count). The highest BCUT2D eigenvalue weighted by Gasteiger charge is 2.32. The second kappa shape index (κ2) is 3.19. The molecule has 4 nitrogen and oxygen atoms in total. The van der Waals surface area contributed by atoms with Crippen LogP contribution in [-0.4, -0.2) is 28.9 Å². The summed E-state index contributed by atoms with van der Waals surface area (Å²) in [7, 11) is 0. The molecule has 1 saturated heterocycles. The maximum Gasteiger partial charge on any atom is 0.256 e. The zero-order chi connectivity index (χ0) is 8.43. The molecule has 1 fully saturated rings. The molecule has 11 heavy (non-hydrogen) atoms. The maximum atomic E-state index is 10.9. The number of halogens is 1. The van der Waals surface area contributed by atoms with E-state index in [0.717, 1.165) is 5.06 Å². The first-order valence-electron chi connectivity index (χ1n) is 3.21. The zero-order valence-corrected chi connectivity index (χ0v) is 6.80. The molecule has 0 aromatic rings. The number of hydrogen-bond acceptors (Lipinski definition) is 3. The first-order chi connectivity index (χ1) is 5.15. The minimum atomic E-state index is -0.400. The van der Waals surface area contributed by atoms with Crippen molar-refractivity contribution in [3.8, 4) is 0 Å². The number of rotatable bonds is 1. The van der Waals surface area contributed by atoms with Crippen molar-refractivity contribution in [3.05, 3.63) is 0 Å². The Bertz CT molecular complexity index is 194. The molecule has 2 amide bonds. The van der Waals surface area contributed by atoms with Gasteiger partial charge in [0.2, 0.25) is 5.91 Å². The smallest absolute Gasteiger partial charge is 0.256 e. The lowest BCUT2D eigenvalue weighted by atomic mass is 10.3. The topological polar surface area (TPSA) is 46.6 Å². The van der Waals surface area contributed by atoms with E-state index >= 15 is 0 Å². The van der Waals surface area contributed by atoms with Gasteiger partial charge in [-0.15, -0.1) is 11.6 Å². The number of carbonyl (C=O) groups excluding carboxylic acids is 2. The van der Waals surface area contributed by atoms with E-state index in [1.165, 1.54) is 6.92 Å². The molecule has 0 saturated carbocycles. The van der Waals surface area contributed by atoms with E-state index in [1.807, 2.05) is 0 Å². The van der Waals surface area contributed by atoms with Crippen LogP contribution in [0, 0.1) is 0 Å². The van der Waals surface area contributed by atoms with Crippen molar-refractivity contribution in [3.63, 3.8) is 0 Å². The summed E-state index contributed by atoms with van der Waals surface area (Å²) in [5, 5.41) is 0.757. The Labute approximate surface area is 69.0 Å². The summed E-state index contributed by atoms with van der Waals surface area (Å²) in [4.78, 5) is 26.4. The van der Waals surface area contributed by atoms with Crippen molar-refractivity contribution in [2.24, 2.45) is 0 Å². The summed E-state index contributed by atoms with van der Waals surface area (Å²) in [6.07, 6.45) is -0.142. The molecule has 0 aromatic heterocycles. The Morgan fingerprint density at radius 2 is 2.55 bits per heavy atom. The molecule has 0 bridgehead atoms. The fourth-order valence-electron chi connectivity index (χ4n) is 0.855. The van der Waals surface area contributed by atoms with Gasteiger partial charge in [-0.2, -0.15) is 5.06 Å². The number of alkyl halides is 1. The molecule has 1 heterocycles. The highest BCUT2D eigenvalue weighted by Crippen LogP contribution is 2.15. The van der Waals surface area contributed by atoms with Crippen LogP contribution in [0.1, 0.15) is 13.3 Å². The number of hydrogen-bond donors (Lipinski definition) is 0. The van der Waals surface area contributed by atoms with Crippen LogP contribution in [0.5, 0.6) is 0 Å². The van der Waals surface area contributed by atoms with Gasteiger partial charge in [0.05, 0.1) is 12.3 Å². The Morgan fingerprint density at radius 1 is 1.91 bits per heavy atom. The summed E-state index contributed by atoms with van der Waals surface area (Å²) < 4.78 is 0. The summed E-state index contributed by atoms with van der Waals surface area (Å²) in [5.74, 6) is -0.485. The van der Waals surface area contributed by atoms with Gasteiger partial charge in [0, 0.05) is 6.92 Å². The molecule has 1 unspecified atom stereocenters. The van der Waals surface area contributed by atoms with Crippen LogP contribution < -0.4 is 0 Å². The van der Waals surface area contributed by atoms with Crippen molar-refractivity contribution in [1.82, 2.24) is 5.06 Å². The monoisotopic (exact) mass is 177 g/mol. The van der Waals surface area contributed by atoms with Crippen LogP contribution in [0.25, 0.3) is 0 Å². The van der Waals surface area contributed by atoms with Crippen LogP contribution in [0.4, 0.5) is 0 Å². The van der Waals surface area contributed by atoms with Gasteiger partial charge in [-0.25, -0.2) is 0 Å².